The number of anilines is 1. The van der Waals surface area contributed by atoms with Gasteiger partial charge in [-0.3, -0.25) is 14.3 Å². The van der Waals surface area contributed by atoms with Gasteiger partial charge in [0, 0.05) is 38.6 Å². The molecule has 0 aliphatic carbocycles. The molecule has 7 heteroatoms. The summed E-state index contributed by atoms with van der Waals surface area (Å²) in [5.41, 5.74) is 1.85. The summed E-state index contributed by atoms with van der Waals surface area (Å²) >= 11 is 0. The van der Waals surface area contributed by atoms with E-state index in [-0.39, 0.29) is 6.04 Å². The maximum atomic E-state index is 12.7. The number of carbonyl (C=O) groups is 2. The largest absolute Gasteiger partial charge is 0.353 e. The molecule has 1 aliphatic heterocycles. The zero-order valence-corrected chi connectivity index (χ0v) is 14.3. The molecule has 0 saturated carbocycles. The van der Waals surface area contributed by atoms with Gasteiger partial charge in [-0.25, -0.2) is 0 Å². The highest BCUT2D eigenvalue weighted by Gasteiger charge is 2.33. The second-order valence-corrected chi connectivity index (χ2v) is 6.30. The fourth-order valence-corrected chi connectivity index (χ4v) is 3.33. The van der Waals surface area contributed by atoms with Gasteiger partial charge in [0.15, 0.2) is 0 Å². The van der Waals surface area contributed by atoms with Crippen LogP contribution in [0, 0.1) is 6.92 Å². The number of likely N-dealkylation sites (tertiary alicyclic amines) is 1. The summed E-state index contributed by atoms with van der Waals surface area (Å²) in [6, 6.07) is 5.67. The summed E-state index contributed by atoms with van der Waals surface area (Å²) in [4.78, 5) is 26.8. The van der Waals surface area contributed by atoms with Crippen LogP contribution in [0.25, 0.3) is 0 Å². The molecule has 3 heterocycles. The van der Waals surface area contributed by atoms with Crippen LogP contribution in [-0.2, 0) is 23.7 Å². The normalized spacial score (nSPS) is 17.8. The Balaban J connectivity index is 1.77. The quantitative estimate of drug-likeness (QED) is 0.853. The highest BCUT2D eigenvalue weighted by atomic mass is 16.2. The van der Waals surface area contributed by atoms with Gasteiger partial charge >= 0.3 is 11.8 Å². The molecule has 2 amide bonds. The van der Waals surface area contributed by atoms with Crippen LogP contribution in [0.15, 0.2) is 24.4 Å². The molecular formula is C17H23N5O2. The molecule has 1 N–H and O–H groups in total. The second kappa shape index (κ2) is 6.51. The summed E-state index contributed by atoms with van der Waals surface area (Å²) in [6.45, 7) is 2.44. The zero-order valence-electron chi connectivity index (χ0n) is 14.3. The number of hydrogen-bond donors (Lipinski definition) is 1. The number of piperidine rings is 1. The van der Waals surface area contributed by atoms with Crippen molar-refractivity contribution in [1.82, 2.24) is 19.2 Å². The molecular weight excluding hydrogens is 306 g/mol. The molecule has 1 aliphatic rings. The van der Waals surface area contributed by atoms with Crippen LogP contribution in [0.2, 0.25) is 0 Å². The van der Waals surface area contributed by atoms with E-state index < -0.39 is 11.8 Å². The van der Waals surface area contributed by atoms with Crippen molar-refractivity contribution < 1.29 is 9.59 Å². The number of carbonyl (C=O) groups excluding carboxylic acids is 2. The Morgan fingerprint density at radius 3 is 2.71 bits per heavy atom. The van der Waals surface area contributed by atoms with Crippen molar-refractivity contribution in [3.05, 3.63) is 35.8 Å². The smallest absolute Gasteiger partial charge is 0.315 e. The molecule has 1 fully saturated rings. The Kier molecular flexibility index (Phi) is 4.42. The van der Waals surface area contributed by atoms with Gasteiger partial charge in [0.2, 0.25) is 0 Å². The first kappa shape index (κ1) is 16.3. The van der Waals surface area contributed by atoms with Gasteiger partial charge in [-0.15, -0.1) is 0 Å². The van der Waals surface area contributed by atoms with Crippen LogP contribution in [0.1, 0.15) is 36.7 Å². The minimum absolute atomic E-state index is 0.0507. The monoisotopic (exact) mass is 329 g/mol. The zero-order chi connectivity index (χ0) is 17.3. The van der Waals surface area contributed by atoms with E-state index in [4.69, 9.17) is 0 Å². The number of nitrogens with zero attached hydrogens (tertiary/aromatic N) is 4. The number of rotatable bonds is 2. The van der Waals surface area contributed by atoms with Crippen molar-refractivity contribution in [3.63, 3.8) is 0 Å². The van der Waals surface area contributed by atoms with Gasteiger partial charge in [0.1, 0.15) is 5.82 Å². The predicted molar refractivity (Wildman–Crippen MR) is 90.3 cm³/mol. The Morgan fingerprint density at radius 2 is 2.08 bits per heavy atom. The van der Waals surface area contributed by atoms with Crippen LogP contribution >= 0.6 is 0 Å². The first-order valence-electron chi connectivity index (χ1n) is 8.21. The summed E-state index contributed by atoms with van der Waals surface area (Å²) in [7, 11) is 3.70. The summed E-state index contributed by atoms with van der Waals surface area (Å²) in [5, 5.41) is 6.85. The number of hydrogen-bond acceptors (Lipinski definition) is 3. The van der Waals surface area contributed by atoms with Crippen molar-refractivity contribution in [1.29, 1.82) is 0 Å². The van der Waals surface area contributed by atoms with Gasteiger partial charge < -0.3 is 14.8 Å². The average Bonchev–Trinajstić information content (AvgIpc) is 3.12. The topological polar surface area (TPSA) is 72.2 Å². The molecule has 0 aromatic carbocycles. The molecule has 2 aromatic rings. The lowest BCUT2D eigenvalue weighted by Gasteiger charge is -2.35. The molecule has 1 atom stereocenters. The van der Waals surface area contributed by atoms with Gasteiger partial charge in [0.05, 0.1) is 11.7 Å². The SMILES string of the molecule is Cc1cc(NC(=O)C(=O)N2CCCC[C@H]2c2cccn2C)n(C)n1. The first-order chi connectivity index (χ1) is 11.5. The van der Waals surface area contributed by atoms with Crippen LogP contribution in [0.4, 0.5) is 5.82 Å². The molecule has 0 spiro atoms. The Labute approximate surface area is 141 Å². The van der Waals surface area contributed by atoms with E-state index in [1.165, 1.54) is 0 Å². The van der Waals surface area contributed by atoms with Crippen molar-refractivity contribution >= 4 is 17.6 Å². The molecule has 7 nitrogen and oxygen atoms in total. The van der Waals surface area contributed by atoms with Crippen LogP contribution in [0.5, 0.6) is 0 Å². The molecule has 1 saturated heterocycles. The second-order valence-electron chi connectivity index (χ2n) is 6.30. The molecule has 3 rings (SSSR count). The van der Waals surface area contributed by atoms with Crippen molar-refractivity contribution in [2.24, 2.45) is 14.1 Å². The van der Waals surface area contributed by atoms with E-state index >= 15 is 0 Å². The minimum Gasteiger partial charge on any atom is -0.353 e. The number of aryl methyl sites for hydroxylation is 3. The lowest BCUT2D eigenvalue weighted by atomic mass is 9.99. The van der Waals surface area contributed by atoms with Gasteiger partial charge in [-0.1, -0.05) is 0 Å². The van der Waals surface area contributed by atoms with Gasteiger partial charge in [-0.2, -0.15) is 5.10 Å². The third-order valence-corrected chi connectivity index (χ3v) is 4.53. The number of nitrogens with one attached hydrogen (secondary N) is 1. The Morgan fingerprint density at radius 1 is 1.29 bits per heavy atom. The minimum atomic E-state index is -0.612. The van der Waals surface area contributed by atoms with E-state index in [0.717, 1.165) is 30.7 Å². The maximum absolute atomic E-state index is 12.7. The molecule has 24 heavy (non-hydrogen) atoms. The van der Waals surface area contributed by atoms with Crippen molar-refractivity contribution in [2.45, 2.75) is 32.2 Å². The standard InChI is InChI=1S/C17H23N5O2/c1-12-11-15(21(3)19-12)18-16(23)17(24)22-10-5-4-7-14(22)13-8-6-9-20(13)2/h6,8-9,11,14H,4-5,7,10H2,1-3H3,(H,18,23)/t14-/m0/s1. The van der Waals surface area contributed by atoms with E-state index in [9.17, 15) is 9.59 Å². The number of aromatic nitrogens is 3. The molecule has 0 unspecified atom stereocenters. The van der Waals surface area contributed by atoms with Crippen LogP contribution in [-0.4, -0.2) is 37.6 Å². The summed E-state index contributed by atoms with van der Waals surface area (Å²) in [5.74, 6) is -0.572. The van der Waals surface area contributed by atoms with Gasteiger partial charge in [-0.05, 0) is 38.3 Å². The average molecular weight is 329 g/mol. The lowest BCUT2D eigenvalue weighted by Crippen LogP contribution is -2.45. The summed E-state index contributed by atoms with van der Waals surface area (Å²) < 4.78 is 3.57. The van der Waals surface area contributed by atoms with Crippen LogP contribution in [0.3, 0.4) is 0 Å². The predicted octanol–water partition coefficient (Wildman–Crippen LogP) is 1.76. The highest BCUT2D eigenvalue weighted by molar-refractivity contribution is 6.39. The molecule has 2 aromatic heterocycles. The maximum Gasteiger partial charge on any atom is 0.315 e. The van der Waals surface area contributed by atoms with E-state index in [1.807, 2.05) is 36.9 Å². The summed E-state index contributed by atoms with van der Waals surface area (Å²) in [6.07, 6.45) is 4.82. The fraction of sp³-hybridized carbons (Fsp3) is 0.471. The lowest BCUT2D eigenvalue weighted by molar-refractivity contribution is -0.146. The molecule has 128 valence electrons. The van der Waals surface area contributed by atoms with Crippen molar-refractivity contribution in [3.8, 4) is 0 Å². The van der Waals surface area contributed by atoms with Gasteiger partial charge in [0.25, 0.3) is 0 Å². The Hall–Kier alpha value is -2.57. The molecule has 0 radical (unpaired) electrons. The van der Waals surface area contributed by atoms with E-state index in [2.05, 4.69) is 10.4 Å². The van der Waals surface area contributed by atoms with Crippen molar-refractivity contribution in [2.75, 3.05) is 11.9 Å². The third-order valence-electron chi connectivity index (χ3n) is 4.53. The first-order valence-corrected chi connectivity index (χ1v) is 8.21. The number of amides is 2. The van der Waals surface area contributed by atoms with E-state index in [1.54, 1.807) is 22.7 Å². The highest BCUT2D eigenvalue weighted by Crippen LogP contribution is 2.31. The van der Waals surface area contributed by atoms with E-state index in [0.29, 0.717) is 12.4 Å². The Bertz CT molecular complexity index is 761. The fourth-order valence-electron chi connectivity index (χ4n) is 3.33. The third kappa shape index (κ3) is 3.06. The van der Waals surface area contributed by atoms with Crippen LogP contribution < -0.4 is 5.32 Å². The molecule has 0 bridgehead atoms.